The van der Waals surface area contributed by atoms with Gasteiger partial charge in [-0.2, -0.15) is 5.10 Å². The van der Waals surface area contributed by atoms with Crippen molar-refractivity contribution >= 4 is 0 Å². The molecule has 0 spiro atoms. The third kappa shape index (κ3) is 3.23. The molecule has 1 N–H and O–H groups in total. The molecule has 130 valence electrons. The van der Waals surface area contributed by atoms with Crippen LogP contribution in [0.3, 0.4) is 0 Å². The summed E-state index contributed by atoms with van der Waals surface area (Å²) in [5.74, 6) is 1.00. The van der Waals surface area contributed by atoms with E-state index in [9.17, 15) is 0 Å². The highest BCUT2D eigenvalue weighted by atomic mass is 16.5. The van der Waals surface area contributed by atoms with Gasteiger partial charge in [0.1, 0.15) is 5.82 Å². The largest absolute Gasteiger partial charge is 0.380 e. The van der Waals surface area contributed by atoms with Crippen molar-refractivity contribution < 1.29 is 4.74 Å². The number of nitrogens with one attached hydrogen (secondary N) is 1. The zero-order valence-electron chi connectivity index (χ0n) is 14.6. The van der Waals surface area contributed by atoms with Gasteiger partial charge in [0.05, 0.1) is 23.5 Å². The summed E-state index contributed by atoms with van der Waals surface area (Å²) in [6, 6.07) is 12.7. The Morgan fingerprint density at radius 2 is 2.12 bits per heavy atom. The zero-order valence-corrected chi connectivity index (χ0v) is 14.6. The van der Waals surface area contributed by atoms with Gasteiger partial charge in [0.2, 0.25) is 0 Å². The zero-order chi connectivity index (χ0) is 17.2. The van der Waals surface area contributed by atoms with E-state index in [4.69, 9.17) is 4.74 Å². The van der Waals surface area contributed by atoms with Crippen LogP contribution in [0, 0.1) is 0 Å². The van der Waals surface area contributed by atoms with E-state index in [1.165, 1.54) is 5.69 Å². The molecular formula is C19H23N5O. The van der Waals surface area contributed by atoms with Gasteiger partial charge in [0, 0.05) is 45.2 Å². The number of nitrogens with zero attached hydrogens (tertiary/aromatic N) is 4. The van der Waals surface area contributed by atoms with Crippen LogP contribution < -0.4 is 0 Å². The molecule has 25 heavy (non-hydrogen) atoms. The van der Waals surface area contributed by atoms with Gasteiger partial charge in [-0.05, 0) is 12.5 Å². The number of hydrogen-bond acceptors (Lipinski definition) is 4. The van der Waals surface area contributed by atoms with Gasteiger partial charge in [-0.15, -0.1) is 0 Å². The van der Waals surface area contributed by atoms with Crippen LogP contribution in [0.15, 0.2) is 48.8 Å². The quantitative estimate of drug-likeness (QED) is 0.778. The first-order valence-electron chi connectivity index (χ1n) is 8.59. The van der Waals surface area contributed by atoms with Crippen LogP contribution in [0.4, 0.5) is 0 Å². The fraction of sp³-hybridized carbons (Fsp3) is 0.368. The number of imidazole rings is 1. The minimum absolute atomic E-state index is 0.233. The van der Waals surface area contributed by atoms with Crippen LogP contribution in [-0.2, 0) is 18.3 Å². The third-order valence-corrected chi connectivity index (χ3v) is 4.94. The molecule has 0 saturated carbocycles. The molecule has 0 bridgehead atoms. The highest BCUT2D eigenvalue weighted by molar-refractivity contribution is 5.59. The molecule has 1 fully saturated rings. The molecule has 1 aliphatic heterocycles. The molecule has 2 aromatic heterocycles. The molecule has 2 unspecified atom stereocenters. The Morgan fingerprint density at radius 1 is 1.28 bits per heavy atom. The van der Waals surface area contributed by atoms with Crippen molar-refractivity contribution in [1.29, 1.82) is 0 Å². The molecule has 4 rings (SSSR count). The van der Waals surface area contributed by atoms with Gasteiger partial charge in [-0.3, -0.25) is 9.58 Å². The number of likely N-dealkylation sites (tertiary alicyclic amines) is 1. The maximum absolute atomic E-state index is 5.61. The number of aromatic nitrogens is 4. The van der Waals surface area contributed by atoms with E-state index in [2.05, 4.69) is 38.2 Å². The van der Waals surface area contributed by atoms with Crippen molar-refractivity contribution in [2.75, 3.05) is 13.7 Å². The number of H-pyrrole nitrogens is 1. The Balaban J connectivity index is 1.57. The SMILES string of the molecule is COC1CC(c2ncc[nH]2)N(Cc2cc(-c3ccccc3)nn2C)C1. The van der Waals surface area contributed by atoms with Crippen LogP contribution in [0.5, 0.6) is 0 Å². The Morgan fingerprint density at radius 3 is 2.84 bits per heavy atom. The second-order valence-corrected chi connectivity index (χ2v) is 6.52. The molecule has 6 heteroatoms. The number of benzene rings is 1. The van der Waals surface area contributed by atoms with Gasteiger partial charge in [-0.25, -0.2) is 4.98 Å². The van der Waals surface area contributed by atoms with Crippen molar-refractivity contribution in [2.24, 2.45) is 7.05 Å². The number of methoxy groups -OCH3 is 1. The molecule has 0 aliphatic carbocycles. The predicted molar refractivity (Wildman–Crippen MR) is 95.8 cm³/mol. The van der Waals surface area contributed by atoms with E-state index in [0.717, 1.165) is 36.6 Å². The van der Waals surface area contributed by atoms with E-state index >= 15 is 0 Å². The van der Waals surface area contributed by atoms with Gasteiger partial charge < -0.3 is 9.72 Å². The lowest BCUT2D eigenvalue weighted by Gasteiger charge is -2.22. The molecule has 1 saturated heterocycles. The smallest absolute Gasteiger partial charge is 0.123 e. The summed E-state index contributed by atoms with van der Waals surface area (Å²) in [6.45, 7) is 1.72. The number of aromatic amines is 1. The third-order valence-electron chi connectivity index (χ3n) is 4.94. The topological polar surface area (TPSA) is 59.0 Å². The summed E-state index contributed by atoms with van der Waals surface area (Å²) in [6.07, 6.45) is 4.88. The Bertz CT molecular complexity index is 812. The molecule has 2 atom stereocenters. The van der Waals surface area contributed by atoms with Crippen LogP contribution >= 0.6 is 0 Å². The maximum atomic E-state index is 5.61. The normalized spacial score (nSPS) is 21.0. The van der Waals surface area contributed by atoms with Crippen LogP contribution in [0.25, 0.3) is 11.3 Å². The van der Waals surface area contributed by atoms with E-state index in [-0.39, 0.29) is 12.1 Å². The lowest BCUT2D eigenvalue weighted by atomic mass is 10.1. The number of ether oxygens (including phenoxy) is 1. The second kappa shape index (κ2) is 6.82. The highest BCUT2D eigenvalue weighted by Gasteiger charge is 2.35. The minimum Gasteiger partial charge on any atom is -0.380 e. The average molecular weight is 337 g/mol. The molecule has 0 amide bonds. The summed E-state index contributed by atoms with van der Waals surface area (Å²) < 4.78 is 7.58. The monoisotopic (exact) mass is 337 g/mol. The van der Waals surface area contributed by atoms with E-state index in [1.54, 1.807) is 7.11 Å². The van der Waals surface area contributed by atoms with E-state index in [0.29, 0.717) is 0 Å². The van der Waals surface area contributed by atoms with Crippen molar-refractivity contribution in [3.63, 3.8) is 0 Å². The van der Waals surface area contributed by atoms with E-state index < -0.39 is 0 Å². The van der Waals surface area contributed by atoms with Gasteiger partial charge >= 0.3 is 0 Å². The Hall–Kier alpha value is -2.44. The standard InChI is InChI=1S/C19H23N5O/c1-23-15(10-17(22-23)14-6-4-3-5-7-14)12-24-13-16(25-2)11-18(24)19-20-8-9-21-19/h3-10,16,18H,11-13H2,1-2H3,(H,20,21). The number of aryl methyl sites for hydroxylation is 1. The average Bonchev–Trinajstić information content (AvgIpc) is 3.36. The first-order valence-corrected chi connectivity index (χ1v) is 8.59. The molecule has 3 aromatic rings. The van der Waals surface area contributed by atoms with Gasteiger partial charge in [-0.1, -0.05) is 30.3 Å². The molecule has 6 nitrogen and oxygen atoms in total. The molecule has 3 heterocycles. The maximum Gasteiger partial charge on any atom is 0.123 e. The van der Waals surface area contributed by atoms with E-state index in [1.807, 2.05) is 42.3 Å². The summed E-state index contributed by atoms with van der Waals surface area (Å²) in [4.78, 5) is 10.1. The Labute approximate surface area is 147 Å². The van der Waals surface area contributed by atoms with Crippen LogP contribution in [0.2, 0.25) is 0 Å². The van der Waals surface area contributed by atoms with Crippen LogP contribution in [0.1, 0.15) is 24.0 Å². The molecule has 0 radical (unpaired) electrons. The minimum atomic E-state index is 0.233. The first kappa shape index (κ1) is 16.1. The fourth-order valence-electron chi connectivity index (χ4n) is 3.56. The van der Waals surface area contributed by atoms with Crippen LogP contribution in [-0.4, -0.2) is 44.4 Å². The summed E-state index contributed by atoms with van der Waals surface area (Å²) in [7, 11) is 3.79. The van der Waals surface area contributed by atoms with Gasteiger partial charge in [0.15, 0.2) is 0 Å². The molecule has 1 aromatic carbocycles. The summed E-state index contributed by atoms with van der Waals surface area (Å²) in [5, 5.41) is 4.69. The number of rotatable bonds is 5. The summed E-state index contributed by atoms with van der Waals surface area (Å²) >= 11 is 0. The fourth-order valence-corrected chi connectivity index (χ4v) is 3.56. The second-order valence-electron chi connectivity index (χ2n) is 6.52. The first-order chi connectivity index (χ1) is 12.2. The Kier molecular flexibility index (Phi) is 4.38. The molecular weight excluding hydrogens is 314 g/mol. The van der Waals surface area contributed by atoms with Crippen molar-refractivity contribution in [3.8, 4) is 11.3 Å². The lowest BCUT2D eigenvalue weighted by Crippen LogP contribution is -2.26. The lowest BCUT2D eigenvalue weighted by molar-refractivity contribution is 0.107. The number of hydrogen-bond donors (Lipinski definition) is 1. The van der Waals surface area contributed by atoms with Crippen molar-refractivity contribution in [1.82, 2.24) is 24.6 Å². The summed E-state index contributed by atoms with van der Waals surface area (Å²) in [5.41, 5.74) is 3.34. The van der Waals surface area contributed by atoms with Gasteiger partial charge in [0.25, 0.3) is 0 Å². The highest BCUT2D eigenvalue weighted by Crippen LogP contribution is 2.33. The van der Waals surface area contributed by atoms with Crippen molar-refractivity contribution in [3.05, 3.63) is 60.3 Å². The molecule has 1 aliphatic rings. The predicted octanol–water partition coefficient (Wildman–Crippen LogP) is 2.77. The van der Waals surface area contributed by atoms with Crippen molar-refractivity contribution in [2.45, 2.75) is 25.1 Å².